The molecule has 1 aromatic rings. The fourth-order valence-corrected chi connectivity index (χ4v) is 1.67. The SMILES string of the molecule is CSc1ncc(CC(N)C(=O)O)n1C. The van der Waals surface area contributed by atoms with Crippen molar-refractivity contribution in [3.05, 3.63) is 11.9 Å². The highest BCUT2D eigenvalue weighted by Gasteiger charge is 2.15. The van der Waals surface area contributed by atoms with Gasteiger partial charge in [0.05, 0.1) is 0 Å². The molecule has 78 valence electrons. The van der Waals surface area contributed by atoms with Crippen LogP contribution >= 0.6 is 11.8 Å². The van der Waals surface area contributed by atoms with E-state index in [1.54, 1.807) is 6.20 Å². The number of rotatable bonds is 4. The predicted molar refractivity (Wildman–Crippen MR) is 54.3 cm³/mol. The Kier molecular flexibility index (Phi) is 3.54. The van der Waals surface area contributed by atoms with Crippen molar-refractivity contribution >= 4 is 17.7 Å². The summed E-state index contributed by atoms with van der Waals surface area (Å²) in [4.78, 5) is 14.7. The summed E-state index contributed by atoms with van der Waals surface area (Å²) in [5.74, 6) is -0.989. The van der Waals surface area contributed by atoms with Crippen LogP contribution in [-0.4, -0.2) is 32.9 Å². The van der Waals surface area contributed by atoms with E-state index in [1.165, 1.54) is 11.8 Å². The maximum atomic E-state index is 10.5. The highest BCUT2D eigenvalue weighted by molar-refractivity contribution is 7.98. The average Bonchev–Trinajstić information content (AvgIpc) is 2.47. The number of thioether (sulfide) groups is 1. The van der Waals surface area contributed by atoms with Crippen LogP contribution in [0.5, 0.6) is 0 Å². The van der Waals surface area contributed by atoms with Gasteiger partial charge in [-0.3, -0.25) is 4.79 Å². The second-order valence-electron chi connectivity index (χ2n) is 2.94. The van der Waals surface area contributed by atoms with Crippen LogP contribution in [0.25, 0.3) is 0 Å². The lowest BCUT2D eigenvalue weighted by atomic mass is 10.2. The average molecular weight is 215 g/mol. The van der Waals surface area contributed by atoms with Crippen LogP contribution in [0.4, 0.5) is 0 Å². The van der Waals surface area contributed by atoms with Crippen LogP contribution in [0.15, 0.2) is 11.4 Å². The Bertz CT molecular complexity index is 337. The maximum Gasteiger partial charge on any atom is 0.320 e. The molecule has 0 aromatic carbocycles. The Balaban J connectivity index is 2.77. The molecule has 1 unspecified atom stereocenters. The molecular formula is C8H13N3O2S. The fourth-order valence-electron chi connectivity index (χ4n) is 1.12. The van der Waals surface area contributed by atoms with Crippen molar-refractivity contribution in [2.75, 3.05) is 6.26 Å². The van der Waals surface area contributed by atoms with E-state index in [2.05, 4.69) is 4.98 Å². The summed E-state index contributed by atoms with van der Waals surface area (Å²) in [6.07, 6.45) is 3.89. The van der Waals surface area contributed by atoms with Gasteiger partial charge < -0.3 is 15.4 Å². The first-order valence-corrected chi connectivity index (χ1v) is 5.31. The maximum absolute atomic E-state index is 10.5. The molecule has 1 aromatic heterocycles. The first-order valence-electron chi connectivity index (χ1n) is 4.09. The molecule has 0 radical (unpaired) electrons. The molecule has 0 saturated heterocycles. The summed E-state index contributed by atoms with van der Waals surface area (Å²) in [5.41, 5.74) is 6.26. The summed E-state index contributed by atoms with van der Waals surface area (Å²) in [5, 5.41) is 9.50. The van der Waals surface area contributed by atoms with Crippen molar-refractivity contribution in [3.8, 4) is 0 Å². The number of aliphatic carboxylic acids is 1. The van der Waals surface area contributed by atoms with Crippen LogP contribution in [0.1, 0.15) is 5.69 Å². The van der Waals surface area contributed by atoms with Crippen molar-refractivity contribution in [2.45, 2.75) is 17.6 Å². The minimum absolute atomic E-state index is 0.305. The molecule has 3 N–H and O–H groups in total. The zero-order valence-corrected chi connectivity index (χ0v) is 8.91. The molecule has 6 heteroatoms. The second kappa shape index (κ2) is 4.47. The molecule has 1 rings (SSSR count). The third kappa shape index (κ3) is 2.27. The van der Waals surface area contributed by atoms with Crippen LogP contribution in [0, 0.1) is 0 Å². The molecule has 0 aliphatic rings. The van der Waals surface area contributed by atoms with Gasteiger partial charge in [-0.05, 0) is 6.26 Å². The van der Waals surface area contributed by atoms with Crippen LogP contribution in [0.3, 0.4) is 0 Å². The first-order chi connectivity index (χ1) is 6.56. The Morgan fingerprint density at radius 1 is 1.86 bits per heavy atom. The monoisotopic (exact) mass is 215 g/mol. The molecule has 0 amide bonds. The van der Waals surface area contributed by atoms with Gasteiger partial charge in [-0.15, -0.1) is 0 Å². The van der Waals surface area contributed by atoms with Gasteiger partial charge in [0.25, 0.3) is 0 Å². The van der Waals surface area contributed by atoms with Gasteiger partial charge in [0.2, 0.25) is 0 Å². The fraction of sp³-hybridized carbons (Fsp3) is 0.500. The quantitative estimate of drug-likeness (QED) is 0.696. The molecule has 1 heterocycles. The Morgan fingerprint density at radius 2 is 2.50 bits per heavy atom. The van der Waals surface area contributed by atoms with E-state index in [0.29, 0.717) is 6.42 Å². The molecule has 0 aliphatic heterocycles. The van der Waals surface area contributed by atoms with Crippen LogP contribution in [-0.2, 0) is 18.3 Å². The van der Waals surface area contributed by atoms with Gasteiger partial charge in [-0.2, -0.15) is 0 Å². The topological polar surface area (TPSA) is 81.1 Å². The van der Waals surface area contributed by atoms with Crippen molar-refractivity contribution in [3.63, 3.8) is 0 Å². The molecule has 0 bridgehead atoms. The van der Waals surface area contributed by atoms with Gasteiger partial charge in [0.15, 0.2) is 5.16 Å². The van der Waals surface area contributed by atoms with Crippen molar-refractivity contribution < 1.29 is 9.90 Å². The van der Waals surface area contributed by atoms with Crippen LogP contribution in [0.2, 0.25) is 0 Å². The normalized spacial score (nSPS) is 12.8. The number of carboxylic acids is 1. The third-order valence-electron chi connectivity index (χ3n) is 1.97. The molecule has 0 saturated carbocycles. The molecule has 5 nitrogen and oxygen atoms in total. The molecule has 0 spiro atoms. The molecule has 1 atom stereocenters. The largest absolute Gasteiger partial charge is 0.480 e. The van der Waals surface area contributed by atoms with Crippen molar-refractivity contribution in [1.82, 2.24) is 9.55 Å². The second-order valence-corrected chi connectivity index (χ2v) is 3.72. The van der Waals surface area contributed by atoms with E-state index in [-0.39, 0.29) is 0 Å². The molecule has 0 aliphatic carbocycles. The zero-order valence-electron chi connectivity index (χ0n) is 8.10. The van der Waals surface area contributed by atoms with Gasteiger partial charge in [0, 0.05) is 25.4 Å². The number of hydrogen-bond donors (Lipinski definition) is 2. The van der Waals surface area contributed by atoms with E-state index < -0.39 is 12.0 Å². The third-order valence-corrected chi connectivity index (χ3v) is 2.72. The number of aromatic nitrogens is 2. The Hall–Kier alpha value is -1.01. The van der Waals surface area contributed by atoms with E-state index in [9.17, 15) is 4.79 Å². The van der Waals surface area contributed by atoms with E-state index in [0.717, 1.165) is 10.9 Å². The van der Waals surface area contributed by atoms with Gasteiger partial charge >= 0.3 is 5.97 Å². The van der Waals surface area contributed by atoms with E-state index in [1.807, 2.05) is 17.9 Å². The van der Waals surface area contributed by atoms with Crippen LogP contribution < -0.4 is 5.73 Å². The minimum Gasteiger partial charge on any atom is -0.480 e. The summed E-state index contributed by atoms with van der Waals surface area (Å²) < 4.78 is 1.85. The number of hydrogen-bond acceptors (Lipinski definition) is 4. The minimum atomic E-state index is -0.989. The lowest BCUT2D eigenvalue weighted by Crippen LogP contribution is -2.32. The van der Waals surface area contributed by atoms with E-state index >= 15 is 0 Å². The summed E-state index contributed by atoms with van der Waals surface area (Å²) >= 11 is 1.52. The smallest absolute Gasteiger partial charge is 0.320 e. The first kappa shape index (κ1) is 11.1. The molecule has 0 fully saturated rings. The lowest BCUT2D eigenvalue weighted by molar-refractivity contribution is -0.138. The van der Waals surface area contributed by atoms with Gasteiger partial charge in [-0.25, -0.2) is 4.98 Å². The van der Waals surface area contributed by atoms with Crippen molar-refractivity contribution in [1.29, 1.82) is 0 Å². The summed E-state index contributed by atoms with van der Waals surface area (Å²) in [7, 11) is 1.85. The number of carboxylic acid groups (broad SMARTS) is 1. The zero-order chi connectivity index (χ0) is 10.7. The van der Waals surface area contributed by atoms with E-state index in [4.69, 9.17) is 10.8 Å². The molecule has 14 heavy (non-hydrogen) atoms. The highest BCUT2D eigenvalue weighted by atomic mass is 32.2. The van der Waals surface area contributed by atoms with Gasteiger partial charge in [0.1, 0.15) is 6.04 Å². The number of nitrogens with zero attached hydrogens (tertiary/aromatic N) is 2. The lowest BCUT2D eigenvalue weighted by Gasteiger charge is -2.07. The predicted octanol–water partition coefficient (Wildman–Crippen LogP) is 0.0964. The standard InChI is InChI=1S/C8H13N3O2S/c1-11-5(3-6(9)7(12)13)4-10-8(11)14-2/h4,6H,3,9H2,1-2H3,(H,12,13). The summed E-state index contributed by atoms with van der Waals surface area (Å²) in [6, 6.07) is -0.861. The highest BCUT2D eigenvalue weighted by Crippen LogP contribution is 2.14. The van der Waals surface area contributed by atoms with Gasteiger partial charge in [-0.1, -0.05) is 11.8 Å². The Morgan fingerprint density at radius 3 is 2.93 bits per heavy atom. The number of carbonyl (C=O) groups is 1. The molecular weight excluding hydrogens is 202 g/mol. The van der Waals surface area contributed by atoms with Crippen molar-refractivity contribution in [2.24, 2.45) is 12.8 Å². The number of nitrogens with two attached hydrogens (primary N) is 1. The summed E-state index contributed by atoms with van der Waals surface area (Å²) in [6.45, 7) is 0. The Labute approximate surface area is 86.3 Å². The number of imidazole rings is 1.